The average Bonchev–Trinajstić information content (AvgIpc) is 2.89. The smallest absolute Gasteiger partial charge is 0.358 e. The summed E-state index contributed by atoms with van der Waals surface area (Å²) < 4.78 is 4.98. The number of hydrogen-bond donors (Lipinski definition) is 1. The van der Waals surface area contributed by atoms with Crippen LogP contribution in [-0.4, -0.2) is 30.1 Å². The first-order valence-corrected chi connectivity index (χ1v) is 6.89. The fraction of sp³-hybridized carbons (Fsp3) is 0.667. The van der Waals surface area contributed by atoms with E-state index in [1.54, 1.807) is 11.3 Å². The predicted octanol–water partition coefficient (Wildman–Crippen LogP) is 1.92. The van der Waals surface area contributed by atoms with E-state index in [1.165, 1.54) is 12.8 Å². The SMILES string of the molecule is CCOC(=O)c1nc(CC2CCCN2)sc1C. The summed E-state index contributed by atoms with van der Waals surface area (Å²) in [7, 11) is 0. The third kappa shape index (κ3) is 3.04. The molecule has 1 unspecified atom stereocenters. The third-order valence-corrected chi connectivity index (χ3v) is 3.89. The van der Waals surface area contributed by atoms with Gasteiger partial charge in [-0.05, 0) is 33.2 Å². The zero-order valence-corrected chi connectivity index (χ0v) is 11.1. The van der Waals surface area contributed by atoms with E-state index >= 15 is 0 Å². The van der Waals surface area contributed by atoms with E-state index in [9.17, 15) is 4.79 Å². The molecular weight excluding hydrogens is 236 g/mol. The van der Waals surface area contributed by atoms with Crippen LogP contribution in [0.5, 0.6) is 0 Å². The summed E-state index contributed by atoms with van der Waals surface area (Å²) >= 11 is 1.60. The van der Waals surface area contributed by atoms with Gasteiger partial charge in [-0.1, -0.05) is 0 Å². The van der Waals surface area contributed by atoms with E-state index in [0.29, 0.717) is 18.3 Å². The molecule has 17 heavy (non-hydrogen) atoms. The number of nitrogens with zero attached hydrogens (tertiary/aromatic N) is 1. The number of aromatic nitrogens is 1. The van der Waals surface area contributed by atoms with E-state index in [2.05, 4.69) is 10.3 Å². The number of ether oxygens (including phenoxy) is 1. The van der Waals surface area contributed by atoms with Gasteiger partial charge in [-0.15, -0.1) is 11.3 Å². The monoisotopic (exact) mass is 254 g/mol. The standard InChI is InChI=1S/C12H18N2O2S/c1-3-16-12(15)11-8(2)17-10(14-11)7-9-5-4-6-13-9/h9,13H,3-7H2,1-2H3. The molecule has 5 heteroatoms. The van der Waals surface area contributed by atoms with Crippen molar-refractivity contribution >= 4 is 17.3 Å². The van der Waals surface area contributed by atoms with Crippen LogP contribution in [0, 0.1) is 6.92 Å². The van der Waals surface area contributed by atoms with Gasteiger partial charge in [0.05, 0.1) is 11.6 Å². The maximum atomic E-state index is 11.6. The van der Waals surface area contributed by atoms with E-state index in [-0.39, 0.29) is 5.97 Å². The zero-order chi connectivity index (χ0) is 12.3. The molecule has 0 amide bonds. The number of hydrogen-bond acceptors (Lipinski definition) is 5. The number of nitrogens with one attached hydrogen (secondary N) is 1. The molecule has 1 aromatic heterocycles. The van der Waals surface area contributed by atoms with Crippen LogP contribution in [0.1, 0.15) is 40.1 Å². The maximum absolute atomic E-state index is 11.6. The molecule has 0 saturated carbocycles. The average molecular weight is 254 g/mol. The van der Waals surface area contributed by atoms with Crippen molar-refractivity contribution in [2.75, 3.05) is 13.2 Å². The molecule has 0 radical (unpaired) electrons. The highest BCUT2D eigenvalue weighted by atomic mass is 32.1. The van der Waals surface area contributed by atoms with Crippen molar-refractivity contribution < 1.29 is 9.53 Å². The molecule has 0 aliphatic carbocycles. The van der Waals surface area contributed by atoms with Gasteiger partial charge in [0.1, 0.15) is 0 Å². The van der Waals surface area contributed by atoms with E-state index in [4.69, 9.17) is 4.74 Å². The van der Waals surface area contributed by atoms with Crippen LogP contribution in [0.15, 0.2) is 0 Å². The summed E-state index contributed by atoms with van der Waals surface area (Å²) in [5.41, 5.74) is 0.491. The Kier molecular flexibility index (Phi) is 4.12. The van der Waals surface area contributed by atoms with Gasteiger partial charge in [-0.2, -0.15) is 0 Å². The fourth-order valence-electron chi connectivity index (χ4n) is 2.07. The minimum absolute atomic E-state index is 0.299. The van der Waals surface area contributed by atoms with Crippen molar-refractivity contribution in [1.82, 2.24) is 10.3 Å². The molecule has 1 N–H and O–H groups in total. The molecule has 1 aliphatic heterocycles. The van der Waals surface area contributed by atoms with Crippen molar-refractivity contribution in [3.8, 4) is 0 Å². The normalized spacial score (nSPS) is 19.5. The summed E-state index contributed by atoms with van der Waals surface area (Å²) in [5, 5.41) is 4.47. The molecule has 1 atom stereocenters. The quantitative estimate of drug-likeness (QED) is 0.834. The van der Waals surface area contributed by atoms with E-state index < -0.39 is 0 Å². The van der Waals surface area contributed by atoms with Crippen molar-refractivity contribution in [3.63, 3.8) is 0 Å². The lowest BCUT2D eigenvalue weighted by Crippen LogP contribution is -2.23. The summed E-state index contributed by atoms with van der Waals surface area (Å²) in [4.78, 5) is 17.0. The zero-order valence-electron chi connectivity index (χ0n) is 10.3. The van der Waals surface area contributed by atoms with Crippen molar-refractivity contribution in [1.29, 1.82) is 0 Å². The Bertz CT molecular complexity index is 397. The fourth-order valence-corrected chi connectivity index (χ4v) is 3.07. The Morgan fingerprint density at radius 2 is 2.47 bits per heavy atom. The van der Waals surface area contributed by atoms with Crippen LogP contribution in [0.2, 0.25) is 0 Å². The molecule has 1 aliphatic rings. The number of esters is 1. The summed E-state index contributed by atoms with van der Waals surface area (Å²) in [6, 6.07) is 0.524. The Morgan fingerprint density at radius 1 is 1.65 bits per heavy atom. The second-order valence-electron chi connectivity index (χ2n) is 4.23. The number of aryl methyl sites for hydroxylation is 1. The Balaban J connectivity index is 2.04. The molecule has 0 bridgehead atoms. The van der Waals surface area contributed by atoms with Gasteiger partial charge in [-0.3, -0.25) is 0 Å². The third-order valence-electron chi connectivity index (χ3n) is 2.89. The molecule has 4 nitrogen and oxygen atoms in total. The summed E-state index contributed by atoms with van der Waals surface area (Å²) in [6.07, 6.45) is 3.36. The van der Waals surface area contributed by atoms with Gasteiger partial charge in [0.25, 0.3) is 0 Å². The molecule has 1 aromatic rings. The van der Waals surface area contributed by atoms with Gasteiger partial charge < -0.3 is 10.1 Å². The number of carbonyl (C=O) groups excluding carboxylic acids is 1. The first kappa shape index (κ1) is 12.5. The number of carbonyl (C=O) groups is 1. The van der Waals surface area contributed by atoms with Gasteiger partial charge in [0, 0.05) is 17.3 Å². The van der Waals surface area contributed by atoms with Crippen LogP contribution in [-0.2, 0) is 11.2 Å². The molecule has 2 rings (SSSR count). The molecule has 0 spiro atoms. The van der Waals surface area contributed by atoms with Crippen molar-refractivity contribution in [3.05, 3.63) is 15.6 Å². The Morgan fingerprint density at radius 3 is 3.12 bits per heavy atom. The molecule has 0 aromatic carbocycles. The Labute approximate surface area is 105 Å². The van der Waals surface area contributed by atoms with E-state index in [1.807, 2.05) is 13.8 Å². The summed E-state index contributed by atoms with van der Waals surface area (Å²) in [5.74, 6) is -0.299. The van der Waals surface area contributed by atoms with Crippen molar-refractivity contribution in [2.45, 2.75) is 39.2 Å². The molecule has 1 fully saturated rings. The van der Waals surface area contributed by atoms with Crippen LogP contribution >= 0.6 is 11.3 Å². The second-order valence-corrected chi connectivity index (χ2v) is 5.52. The minimum atomic E-state index is -0.299. The molecule has 1 saturated heterocycles. The molecular formula is C12H18N2O2S. The van der Waals surface area contributed by atoms with Crippen LogP contribution < -0.4 is 5.32 Å². The largest absolute Gasteiger partial charge is 0.461 e. The van der Waals surface area contributed by atoms with E-state index in [0.717, 1.165) is 22.9 Å². The van der Waals surface area contributed by atoms with Gasteiger partial charge in [-0.25, -0.2) is 9.78 Å². The minimum Gasteiger partial charge on any atom is -0.461 e. The first-order chi connectivity index (χ1) is 8.20. The highest BCUT2D eigenvalue weighted by Crippen LogP contribution is 2.21. The van der Waals surface area contributed by atoms with Crippen LogP contribution in [0.3, 0.4) is 0 Å². The highest BCUT2D eigenvalue weighted by Gasteiger charge is 2.20. The highest BCUT2D eigenvalue weighted by molar-refractivity contribution is 7.11. The lowest BCUT2D eigenvalue weighted by Gasteiger charge is -2.06. The van der Waals surface area contributed by atoms with Gasteiger partial charge in [0.2, 0.25) is 0 Å². The first-order valence-electron chi connectivity index (χ1n) is 6.07. The predicted molar refractivity (Wildman–Crippen MR) is 67.5 cm³/mol. The molecule has 94 valence electrons. The number of rotatable bonds is 4. The summed E-state index contributed by atoms with van der Waals surface area (Å²) in [6.45, 7) is 5.23. The topological polar surface area (TPSA) is 51.2 Å². The van der Waals surface area contributed by atoms with Crippen molar-refractivity contribution in [2.24, 2.45) is 0 Å². The second kappa shape index (κ2) is 5.60. The number of thiazole rings is 1. The van der Waals surface area contributed by atoms with Crippen LogP contribution in [0.25, 0.3) is 0 Å². The lowest BCUT2D eigenvalue weighted by molar-refractivity contribution is 0.0519. The molecule has 2 heterocycles. The maximum Gasteiger partial charge on any atom is 0.358 e. The lowest BCUT2D eigenvalue weighted by atomic mass is 10.2. The van der Waals surface area contributed by atoms with Crippen LogP contribution in [0.4, 0.5) is 0 Å². The van der Waals surface area contributed by atoms with Gasteiger partial charge >= 0.3 is 5.97 Å². The van der Waals surface area contributed by atoms with Gasteiger partial charge in [0.15, 0.2) is 5.69 Å². The Hall–Kier alpha value is -0.940.